The summed E-state index contributed by atoms with van der Waals surface area (Å²) in [6, 6.07) is 0. The molecule has 5 atom stereocenters. The molecule has 3 unspecified atom stereocenters. The molecule has 2 aromatic rings. The number of rotatable bonds is 12. The zero-order valence-corrected chi connectivity index (χ0v) is 20.9. The molecule has 3 heterocycles. The van der Waals surface area contributed by atoms with E-state index in [1.165, 1.54) is 10.9 Å². The number of carboxylic acid groups (broad SMARTS) is 1. The van der Waals surface area contributed by atoms with Gasteiger partial charge in [-0.1, -0.05) is 0 Å². The molecule has 2 aromatic heterocycles. The van der Waals surface area contributed by atoms with Crippen LogP contribution in [0.3, 0.4) is 0 Å². The van der Waals surface area contributed by atoms with Crippen LogP contribution in [0.4, 0.5) is 5.82 Å². The van der Waals surface area contributed by atoms with Crippen molar-refractivity contribution in [3.05, 3.63) is 12.7 Å². The van der Waals surface area contributed by atoms with Crippen LogP contribution < -0.4 is 5.32 Å². The van der Waals surface area contributed by atoms with Crippen molar-refractivity contribution in [3.8, 4) is 0 Å². The van der Waals surface area contributed by atoms with Crippen molar-refractivity contribution in [2.75, 3.05) is 11.9 Å². The van der Waals surface area contributed by atoms with Crippen LogP contribution in [0.5, 0.6) is 0 Å². The van der Waals surface area contributed by atoms with Crippen molar-refractivity contribution in [2.24, 2.45) is 0 Å². The van der Waals surface area contributed by atoms with Crippen molar-refractivity contribution in [1.82, 2.24) is 19.5 Å². The predicted molar refractivity (Wildman–Crippen MR) is 115 cm³/mol. The van der Waals surface area contributed by atoms with Crippen LogP contribution >= 0.6 is 23.5 Å². The molecular weight excluding hydrogens is 571 g/mol. The van der Waals surface area contributed by atoms with Crippen LogP contribution in [0.1, 0.15) is 25.5 Å². The third kappa shape index (κ3) is 8.41. The van der Waals surface area contributed by atoms with Crippen molar-refractivity contribution in [1.29, 1.82) is 0 Å². The van der Waals surface area contributed by atoms with E-state index in [1.54, 1.807) is 0 Å². The largest absolute Gasteiger partial charge is 0.490 e. The van der Waals surface area contributed by atoms with E-state index >= 15 is 0 Å². The van der Waals surface area contributed by atoms with E-state index < -0.39 is 66.8 Å². The topological polar surface area (TPSA) is 299 Å². The summed E-state index contributed by atoms with van der Waals surface area (Å²) in [6.45, 7) is -0.867. The number of aliphatic carboxylic acids is 1. The average molecular weight is 591 g/mol. The lowest BCUT2D eigenvalue weighted by Crippen LogP contribution is -2.26. The minimum Gasteiger partial charge on any atom is -0.481 e. The van der Waals surface area contributed by atoms with E-state index in [0.29, 0.717) is 0 Å². The van der Waals surface area contributed by atoms with Crippen molar-refractivity contribution < 1.29 is 71.0 Å². The Morgan fingerprint density at radius 1 is 1.08 bits per heavy atom. The summed E-state index contributed by atoms with van der Waals surface area (Å²) in [5.41, 5.74) is 0.259. The van der Waals surface area contributed by atoms with Gasteiger partial charge in [0.2, 0.25) is 5.91 Å². The lowest BCUT2D eigenvalue weighted by molar-refractivity contribution is -0.138. The Balaban J connectivity index is 1.65. The average Bonchev–Trinajstić information content (AvgIpc) is 3.32. The second kappa shape index (κ2) is 11.3. The highest BCUT2D eigenvalue weighted by Gasteiger charge is 2.43. The molecule has 0 aromatic carbocycles. The summed E-state index contributed by atoms with van der Waals surface area (Å²) >= 11 is 0. The Morgan fingerprint density at radius 2 is 1.78 bits per heavy atom. The third-order valence-corrected chi connectivity index (χ3v) is 8.32. The molecule has 1 aliphatic rings. The number of phosphoric acid groups is 3. The summed E-state index contributed by atoms with van der Waals surface area (Å²) in [5, 5.41) is 21.4. The molecule has 0 bridgehead atoms. The first-order valence-corrected chi connectivity index (χ1v) is 14.4. The molecule has 1 aliphatic heterocycles. The number of imidazole rings is 1. The number of aromatic nitrogens is 4. The fourth-order valence-electron chi connectivity index (χ4n) is 3.08. The summed E-state index contributed by atoms with van der Waals surface area (Å²) in [6.07, 6.45) is -2.03. The summed E-state index contributed by atoms with van der Waals surface area (Å²) in [4.78, 5) is 70.4. The summed E-state index contributed by atoms with van der Waals surface area (Å²) in [7, 11) is -16.7. The molecule has 20 nitrogen and oxygen atoms in total. The van der Waals surface area contributed by atoms with Gasteiger partial charge in [-0.15, -0.1) is 0 Å². The number of aliphatic hydroxyl groups is 1. The Bertz CT molecular complexity index is 1310. The second-order valence-electron chi connectivity index (χ2n) is 7.31. The highest BCUT2D eigenvalue weighted by atomic mass is 31.3. The fraction of sp³-hybridized carbons (Fsp3) is 0.500. The molecule has 206 valence electrons. The quantitative estimate of drug-likeness (QED) is 0.155. The molecule has 1 amide bonds. The zero-order chi connectivity index (χ0) is 27.6. The van der Waals surface area contributed by atoms with Gasteiger partial charge in [0, 0.05) is 12.8 Å². The van der Waals surface area contributed by atoms with Crippen LogP contribution in [0.25, 0.3) is 11.2 Å². The molecule has 3 rings (SSSR count). The number of ether oxygens (including phenoxy) is 1. The molecule has 0 spiro atoms. The highest BCUT2D eigenvalue weighted by Crippen LogP contribution is 2.66. The minimum atomic E-state index is -5.71. The maximum absolute atomic E-state index is 11.9. The molecule has 37 heavy (non-hydrogen) atoms. The lowest BCUT2D eigenvalue weighted by Gasteiger charge is -2.19. The Morgan fingerprint density at radius 3 is 2.43 bits per heavy atom. The molecular formula is C14H20N5O15P3. The number of nitrogens with one attached hydrogen (secondary N) is 1. The number of nitrogens with zero attached hydrogens (tertiary/aromatic N) is 4. The fourth-order valence-corrected chi connectivity index (χ4v) is 6.11. The molecule has 23 heteroatoms. The van der Waals surface area contributed by atoms with Gasteiger partial charge in [-0.05, 0) is 0 Å². The van der Waals surface area contributed by atoms with Gasteiger partial charge >= 0.3 is 29.4 Å². The van der Waals surface area contributed by atoms with Gasteiger partial charge in [0.05, 0.1) is 25.5 Å². The normalized spacial score (nSPS) is 23.4. The van der Waals surface area contributed by atoms with Crippen molar-refractivity contribution in [3.63, 3.8) is 0 Å². The number of carbonyl (C=O) groups is 2. The smallest absolute Gasteiger partial charge is 0.481 e. The number of amides is 1. The van der Waals surface area contributed by atoms with Crippen LogP contribution in [0.2, 0.25) is 0 Å². The van der Waals surface area contributed by atoms with Gasteiger partial charge in [-0.25, -0.2) is 28.6 Å². The zero-order valence-electron chi connectivity index (χ0n) is 18.2. The SMILES string of the molecule is O=C(O)CCC(=O)Nc1ncnc2c1ncn2[C@H]1CC(O)[C@@H](COP(=O)(O)OP(=O)(O)OP(=O)(O)O)O1. The maximum atomic E-state index is 11.9. The van der Waals surface area contributed by atoms with E-state index in [9.17, 15) is 38.2 Å². The van der Waals surface area contributed by atoms with Gasteiger partial charge in [0.25, 0.3) is 0 Å². The first kappa shape index (κ1) is 29.4. The van der Waals surface area contributed by atoms with Gasteiger partial charge < -0.3 is 39.8 Å². The van der Waals surface area contributed by atoms with Gasteiger partial charge in [0.1, 0.15) is 18.7 Å². The first-order chi connectivity index (χ1) is 17.1. The maximum Gasteiger partial charge on any atom is 0.490 e. The monoisotopic (exact) mass is 591 g/mol. The third-order valence-electron chi connectivity index (χ3n) is 4.51. The van der Waals surface area contributed by atoms with Gasteiger partial charge in [0.15, 0.2) is 17.0 Å². The van der Waals surface area contributed by atoms with Gasteiger partial charge in [-0.3, -0.25) is 18.7 Å². The van der Waals surface area contributed by atoms with Gasteiger partial charge in [-0.2, -0.15) is 8.62 Å². The van der Waals surface area contributed by atoms with E-state index in [0.717, 1.165) is 6.33 Å². The summed E-state index contributed by atoms with van der Waals surface area (Å²) in [5.74, 6) is -1.80. The molecule has 1 fully saturated rings. The van der Waals surface area contributed by atoms with E-state index in [2.05, 4.69) is 33.4 Å². The Kier molecular flexibility index (Phi) is 8.96. The molecule has 0 saturated carbocycles. The van der Waals surface area contributed by atoms with E-state index in [4.69, 9.17) is 19.6 Å². The number of hydrogen-bond acceptors (Lipinski definition) is 13. The van der Waals surface area contributed by atoms with Crippen molar-refractivity contribution in [2.45, 2.75) is 37.7 Å². The number of phosphoric ester groups is 1. The molecule has 1 saturated heterocycles. The number of aliphatic hydroxyl groups excluding tert-OH is 1. The number of fused-ring (bicyclic) bond motifs is 1. The number of carboxylic acids is 1. The number of anilines is 1. The number of hydrogen-bond donors (Lipinski definition) is 7. The summed E-state index contributed by atoms with van der Waals surface area (Å²) < 4.78 is 52.6. The van der Waals surface area contributed by atoms with Crippen molar-refractivity contribution >= 4 is 52.3 Å². The molecule has 0 aliphatic carbocycles. The lowest BCUT2D eigenvalue weighted by atomic mass is 10.2. The van der Waals surface area contributed by atoms with Crippen LogP contribution in [-0.4, -0.2) is 80.0 Å². The number of carbonyl (C=O) groups excluding carboxylic acids is 1. The molecule has 0 radical (unpaired) electrons. The Hall–Kier alpha value is -2.18. The minimum absolute atomic E-state index is 0.0121. The first-order valence-electron chi connectivity index (χ1n) is 9.86. The second-order valence-corrected chi connectivity index (χ2v) is 11.7. The van der Waals surface area contributed by atoms with E-state index in [-0.39, 0.29) is 29.8 Å². The standard InChI is InChI=1S/C14H20N5O15P3/c20-7-3-10(32-8(7)4-31-36(27,28)34-37(29,30)33-35(24,25)26)19-6-17-12-13(15-5-16-14(12)19)18-9(21)1-2-11(22)23/h5-8,10,20H,1-4H2,(H,22,23)(H,27,28)(H,29,30)(H2,24,25,26)(H,15,16,18,21)/t7?,8-,10-/m1/s1. The molecule has 7 N–H and O–H groups in total. The predicted octanol–water partition coefficient (Wildman–Crippen LogP) is -0.379. The van der Waals surface area contributed by atoms with E-state index in [1.807, 2.05) is 0 Å². The van der Waals surface area contributed by atoms with Crippen LogP contribution in [0, 0.1) is 0 Å². The Labute approximate surface area is 205 Å². The van der Waals surface area contributed by atoms with Crippen LogP contribution in [0.15, 0.2) is 12.7 Å². The highest BCUT2D eigenvalue weighted by molar-refractivity contribution is 7.66. The van der Waals surface area contributed by atoms with Crippen LogP contribution in [-0.2, 0) is 41.2 Å².